The summed E-state index contributed by atoms with van der Waals surface area (Å²) in [6, 6.07) is 12.4. The van der Waals surface area contributed by atoms with Gasteiger partial charge >= 0.3 is 5.97 Å². The largest absolute Gasteiger partial charge is 0.463 e. The average Bonchev–Trinajstić information content (AvgIpc) is 2.61. The van der Waals surface area contributed by atoms with Gasteiger partial charge in [0.1, 0.15) is 5.56 Å². The van der Waals surface area contributed by atoms with Crippen LogP contribution in [0.5, 0.6) is 0 Å². The van der Waals surface area contributed by atoms with Gasteiger partial charge in [-0.05, 0) is 36.8 Å². The van der Waals surface area contributed by atoms with E-state index in [2.05, 4.69) is 5.32 Å². The summed E-state index contributed by atoms with van der Waals surface area (Å²) in [5.74, 6) is -1.00. The molecular formula is C18H16N2O5. The molecule has 0 aromatic heterocycles. The molecule has 0 saturated heterocycles. The second kappa shape index (κ2) is 8.39. The van der Waals surface area contributed by atoms with E-state index in [4.69, 9.17) is 4.74 Å². The molecule has 0 unspecified atom stereocenters. The van der Waals surface area contributed by atoms with Crippen LogP contribution in [-0.2, 0) is 9.53 Å². The Morgan fingerprint density at radius 2 is 1.84 bits per heavy atom. The average molecular weight is 340 g/mol. The maximum Gasteiger partial charge on any atom is 0.330 e. The SMILES string of the molecule is CCOC(=O)/C=C/c1ccc(NC(=O)c2ccccc2[N+](=O)[O-])cc1. The molecule has 0 aliphatic carbocycles. The fourth-order valence-corrected chi connectivity index (χ4v) is 2.06. The summed E-state index contributed by atoms with van der Waals surface area (Å²) in [7, 11) is 0. The highest BCUT2D eigenvalue weighted by molar-refractivity contribution is 6.07. The molecule has 7 nitrogen and oxygen atoms in total. The third-order valence-electron chi connectivity index (χ3n) is 3.21. The van der Waals surface area contributed by atoms with Crippen molar-refractivity contribution in [1.82, 2.24) is 0 Å². The smallest absolute Gasteiger partial charge is 0.330 e. The third kappa shape index (κ3) is 5.00. The minimum atomic E-state index is -0.599. The Morgan fingerprint density at radius 3 is 2.48 bits per heavy atom. The molecule has 1 N–H and O–H groups in total. The van der Waals surface area contributed by atoms with Crippen molar-refractivity contribution in [1.29, 1.82) is 0 Å². The molecular weight excluding hydrogens is 324 g/mol. The molecule has 0 heterocycles. The predicted octanol–water partition coefficient (Wildman–Crippen LogP) is 3.42. The summed E-state index contributed by atoms with van der Waals surface area (Å²) in [5, 5.41) is 13.6. The zero-order valence-electron chi connectivity index (χ0n) is 13.5. The minimum Gasteiger partial charge on any atom is -0.463 e. The summed E-state index contributed by atoms with van der Waals surface area (Å²) >= 11 is 0. The molecule has 2 aromatic rings. The van der Waals surface area contributed by atoms with Gasteiger partial charge in [0, 0.05) is 17.8 Å². The fraction of sp³-hybridized carbons (Fsp3) is 0.111. The van der Waals surface area contributed by atoms with Gasteiger partial charge in [-0.25, -0.2) is 4.79 Å². The molecule has 0 fully saturated rings. The number of rotatable bonds is 6. The molecule has 2 rings (SSSR count). The monoisotopic (exact) mass is 340 g/mol. The highest BCUT2D eigenvalue weighted by Gasteiger charge is 2.19. The number of esters is 1. The van der Waals surface area contributed by atoms with Crippen LogP contribution in [0.4, 0.5) is 11.4 Å². The Balaban J connectivity index is 2.08. The third-order valence-corrected chi connectivity index (χ3v) is 3.21. The van der Waals surface area contributed by atoms with E-state index in [0.717, 1.165) is 5.56 Å². The van der Waals surface area contributed by atoms with Crippen LogP contribution in [0, 0.1) is 10.1 Å². The summed E-state index contributed by atoms with van der Waals surface area (Å²) in [6.07, 6.45) is 2.90. The molecule has 0 aliphatic rings. The van der Waals surface area contributed by atoms with E-state index in [9.17, 15) is 19.7 Å². The lowest BCUT2D eigenvalue weighted by atomic mass is 10.1. The van der Waals surface area contributed by atoms with Crippen LogP contribution in [0.1, 0.15) is 22.8 Å². The molecule has 0 radical (unpaired) electrons. The number of benzene rings is 2. The van der Waals surface area contributed by atoms with E-state index in [1.165, 1.54) is 24.3 Å². The molecule has 0 saturated carbocycles. The van der Waals surface area contributed by atoms with E-state index >= 15 is 0 Å². The zero-order valence-corrected chi connectivity index (χ0v) is 13.5. The van der Waals surface area contributed by atoms with Gasteiger partial charge in [-0.2, -0.15) is 0 Å². The first-order chi connectivity index (χ1) is 12.0. The van der Waals surface area contributed by atoms with Crippen molar-refractivity contribution in [2.75, 3.05) is 11.9 Å². The van der Waals surface area contributed by atoms with Gasteiger partial charge in [-0.1, -0.05) is 24.3 Å². The lowest BCUT2D eigenvalue weighted by molar-refractivity contribution is -0.385. The maximum absolute atomic E-state index is 12.2. The Hall–Kier alpha value is -3.48. The lowest BCUT2D eigenvalue weighted by Crippen LogP contribution is -2.13. The quantitative estimate of drug-likeness (QED) is 0.376. The Kier molecular flexibility index (Phi) is 6.00. The maximum atomic E-state index is 12.2. The van der Waals surface area contributed by atoms with Crippen LogP contribution in [0.15, 0.2) is 54.6 Å². The first-order valence-corrected chi connectivity index (χ1v) is 7.51. The summed E-state index contributed by atoms with van der Waals surface area (Å²) in [4.78, 5) is 33.8. The Morgan fingerprint density at radius 1 is 1.16 bits per heavy atom. The van der Waals surface area contributed by atoms with Gasteiger partial charge in [0.2, 0.25) is 0 Å². The molecule has 0 aliphatic heterocycles. The molecule has 0 bridgehead atoms. The van der Waals surface area contributed by atoms with Crippen molar-refractivity contribution in [2.45, 2.75) is 6.92 Å². The molecule has 0 atom stereocenters. The molecule has 25 heavy (non-hydrogen) atoms. The van der Waals surface area contributed by atoms with Gasteiger partial charge in [0.25, 0.3) is 11.6 Å². The van der Waals surface area contributed by atoms with Crippen molar-refractivity contribution in [3.05, 3.63) is 75.8 Å². The zero-order chi connectivity index (χ0) is 18.2. The van der Waals surface area contributed by atoms with Crippen molar-refractivity contribution in [3.63, 3.8) is 0 Å². The number of hydrogen-bond donors (Lipinski definition) is 1. The van der Waals surface area contributed by atoms with Crippen molar-refractivity contribution < 1.29 is 19.2 Å². The predicted molar refractivity (Wildman–Crippen MR) is 93.2 cm³/mol. The van der Waals surface area contributed by atoms with Crippen LogP contribution >= 0.6 is 0 Å². The number of nitro groups is 1. The van der Waals surface area contributed by atoms with Gasteiger partial charge in [-0.15, -0.1) is 0 Å². The Labute approximate surface area is 144 Å². The number of carbonyl (C=O) groups excluding carboxylic acids is 2. The van der Waals surface area contributed by atoms with Crippen LogP contribution in [0.3, 0.4) is 0 Å². The Bertz CT molecular complexity index is 812. The highest BCUT2D eigenvalue weighted by atomic mass is 16.6. The first kappa shape index (κ1) is 17.9. The topological polar surface area (TPSA) is 98.5 Å². The minimum absolute atomic E-state index is 0.0150. The van der Waals surface area contributed by atoms with Crippen molar-refractivity contribution >= 4 is 29.3 Å². The molecule has 0 spiro atoms. The van der Waals surface area contributed by atoms with Crippen LogP contribution < -0.4 is 5.32 Å². The summed E-state index contributed by atoms with van der Waals surface area (Å²) < 4.78 is 4.78. The number of nitrogens with zero attached hydrogens (tertiary/aromatic N) is 1. The molecule has 1 amide bonds. The first-order valence-electron chi connectivity index (χ1n) is 7.51. The van der Waals surface area contributed by atoms with Crippen molar-refractivity contribution in [2.24, 2.45) is 0 Å². The standard InChI is InChI=1S/C18H16N2O5/c1-2-25-17(21)12-9-13-7-10-14(11-8-13)19-18(22)15-5-3-4-6-16(15)20(23)24/h3-12H,2H2,1H3,(H,19,22)/b12-9+. The van der Waals surface area contributed by atoms with Gasteiger partial charge in [-0.3, -0.25) is 14.9 Å². The number of para-hydroxylation sites is 1. The van der Waals surface area contributed by atoms with Gasteiger partial charge in [0.15, 0.2) is 0 Å². The number of nitrogens with one attached hydrogen (secondary N) is 1. The molecule has 2 aromatic carbocycles. The van der Waals surface area contributed by atoms with Gasteiger partial charge < -0.3 is 10.1 Å². The van der Waals surface area contributed by atoms with E-state index in [-0.39, 0.29) is 11.3 Å². The molecule has 7 heteroatoms. The number of anilines is 1. The number of carbonyl (C=O) groups is 2. The van der Waals surface area contributed by atoms with E-state index in [1.807, 2.05) is 0 Å². The van der Waals surface area contributed by atoms with Crippen LogP contribution in [-0.4, -0.2) is 23.4 Å². The normalized spacial score (nSPS) is 10.4. The number of nitro benzene ring substituents is 1. The summed E-state index contributed by atoms with van der Waals surface area (Å²) in [5.41, 5.74) is 0.959. The van der Waals surface area contributed by atoms with E-state index < -0.39 is 16.8 Å². The second-order valence-electron chi connectivity index (χ2n) is 4.94. The second-order valence-corrected chi connectivity index (χ2v) is 4.94. The molecule has 128 valence electrons. The van der Waals surface area contributed by atoms with Gasteiger partial charge in [0.05, 0.1) is 11.5 Å². The van der Waals surface area contributed by atoms with E-state index in [0.29, 0.717) is 12.3 Å². The van der Waals surface area contributed by atoms with E-state index in [1.54, 1.807) is 43.3 Å². The number of hydrogen-bond acceptors (Lipinski definition) is 5. The fourth-order valence-electron chi connectivity index (χ4n) is 2.06. The number of ether oxygens (including phenoxy) is 1. The lowest BCUT2D eigenvalue weighted by Gasteiger charge is -2.06. The highest BCUT2D eigenvalue weighted by Crippen LogP contribution is 2.19. The van der Waals surface area contributed by atoms with Crippen molar-refractivity contribution in [3.8, 4) is 0 Å². The summed E-state index contributed by atoms with van der Waals surface area (Å²) in [6.45, 7) is 2.03. The number of amides is 1. The van der Waals surface area contributed by atoms with Crippen LogP contribution in [0.25, 0.3) is 6.08 Å². The van der Waals surface area contributed by atoms with Crippen LogP contribution in [0.2, 0.25) is 0 Å².